The molecule has 1 nitrogen and oxygen atoms in total. The third kappa shape index (κ3) is 4.58. The second-order valence-corrected chi connectivity index (χ2v) is 16.3. The maximum absolute atomic E-state index is 6.78. The molecule has 13 rings (SSSR count). The molecule has 0 aromatic heterocycles. The van der Waals surface area contributed by atoms with E-state index in [0.29, 0.717) is 0 Å². The summed E-state index contributed by atoms with van der Waals surface area (Å²) >= 11 is 0. The van der Waals surface area contributed by atoms with E-state index in [1.165, 1.54) is 93.3 Å². The quantitative estimate of drug-likeness (QED) is 0.162. The van der Waals surface area contributed by atoms with Crippen LogP contribution < -0.4 is 4.74 Å². The van der Waals surface area contributed by atoms with Gasteiger partial charge in [0.15, 0.2) is 0 Å². The number of ether oxygens (including phenoxy) is 1. The predicted octanol–water partition coefficient (Wildman–Crippen LogP) is 15.8. The van der Waals surface area contributed by atoms with Crippen LogP contribution >= 0.6 is 0 Å². The third-order valence-corrected chi connectivity index (χ3v) is 13.3. The molecule has 278 valence electrons. The summed E-state index contributed by atoms with van der Waals surface area (Å²) in [4.78, 5) is 0. The molecular formula is C59H36O. The van der Waals surface area contributed by atoms with Crippen molar-refractivity contribution in [3.63, 3.8) is 0 Å². The molecular weight excluding hydrogens is 725 g/mol. The zero-order valence-electron chi connectivity index (χ0n) is 32.7. The van der Waals surface area contributed by atoms with Gasteiger partial charge in [0.25, 0.3) is 0 Å². The van der Waals surface area contributed by atoms with Gasteiger partial charge in [-0.3, -0.25) is 0 Å². The van der Waals surface area contributed by atoms with Gasteiger partial charge in [0.2, 0.25) is 0 Å². The summed E-state index contributed by atoms with van der Waals surface area (Å²) in [6, 6.07) is 80.6. The molecule has 2 aliphatic rings. The van der Waals surface area contributed by atoms with Gasteiger partial charge in [-0.15, -0.1) is 0 Å². The average Bonchev–Trinajstić information content (AvgIpc) is 3.63. The van der Waals surface area contributed by atoms with Crippen LogP contribution in [0.15, 0.2) is 218 Å². The van der Waals surface area contributed by atoms with Crippen LogP contribution in [0.4, 0.5) is 0 Å². The second kappa shape index (κ2) is 12.6. The number of hydrogen-bond donors (Lipinski definition) is 0. The molecule has 0 saturated carbocycles. The molecule has 0 atom stereocenters. The molecule has 1 aliphatic carbocycles. The van der Waals surface area contributed by atoms with Crippen molar-refractivity contribution >= 4 is 43.1 Å². The summed E-state index contributed by atoms with van der Waals surface area (Å²) in [5.74, 6) is 1.79. The summed E-state index contributed by atoms with van der Waals surface area (Å²) in [6.07, 6.45) is 0. The molecule has 0 saturated heterocycles. The van der Waals surface area contributed by atoms with Crippen molar-refractivity contribution in [2.24, 2.45) is 0 Å². The van der Waals surface area contributed by atoms with Crippen molar-refractivity contribution in [2.75, 3.05) is 0 Å². The van der Waals surface area contributed by atoms with Crippen molar-refractivity contribution in [3.8, 4) is 56.0 Å². The van der Waals surface area contributed by atoms with Gasteiger partial charge in [0.1, 0.15) is 11.5 Å². The molecule has 0 N–H and O–H groups in total. The lowest BCUT2D eigenvalue weighted by atomic mass is 9.67. The fraction of sp³-hybridized carbons (Fsp3) is 0.0169. The van der Waals surface area contributed by atoms with E-state index in [-0.39, 0.29) is 0 Å². The van der Waals surface area contributed by atoms with Crippen molar-refractivity contribution in [3.05, 3.63) is 241 Å². The van der Waals surface area contributed by atoms with Crippen molar-refractivity contribution in [1.29, 1.82) is 0 Å². The number of hydrogen-bond acceptors (Lipinski definition) is 1. The molecule has 0 fully saturated rings. The van der Waals surface area contributed by atoms with Crippen LogP contribution in [-0.2, 0) is 5.41 Å². The smallest absolute Gasteiger partial charge is 0.135 e. The Labute approximate surface area is 348 Å². The van der Waals surface area contributed by atoms with Crippen molar-refractivity contribution < 1.29 is 4.74 Å². The first-order valence-corrected chi connectivity index (χ1v) is 20.8. The minimum Gasteiger partial charge on any atom is -0.456 e. The molecule has 0 bridgehead atoms. The minimum absolute atomic E-state index is 0.515. The van der Waals surface area contributed by atoms with E-state index < -0.39 is 5.41 Å². The highest BCUT2D eigenvalue weighted by molar-refractivity contribution is 6.25. The van der Waals surface area contributed by atoms with E-state index in [1.807, 2.05) is 0 Å². The summed E-state index contributed by atoms with van der Waals surface area (Å²) in [5, 5.41) is 9.86. The van der Waals surface area contributed by atoms with Crippen LogP contribution in [0.1, 0.15) is 22.3 Å². The van der Waals surface area contributed by atoms with Crippen LogP contribution in [0.25, 0.3) is 87.6 Å². The standard InChI is InChI=1S/C59H36O/c1-4-15-37(16-5-1)39-27-30-46-52-36-50-45-24-13-12-23-44(45)49(35-51(50)47-25-14-26-55(58(47)52)60-56(46)34-39)40-28-31-48-54(33-40)59(41-18-6-2-7-19-41,42-20-8-3-9-21-42)53-32-29-38-17-10-11-22-43(38)57(48)53/h1-36H. The van der Waals surface area contributed by atoms with Gasteiger partial charge in [-0.25, -0.2) is 0 Å². The molecule has 1 aliphatic heterocycles. The summed E-state index contributed by atoms with van der Waals surface area (Å²) < 4.78 is 6.78. The fourth-order valence-corrected chi connectivity index (χ4v) is 10.7. The Morgan fingerprint density at radius 3 is 1.70 bits per heavy atom. The van der Waals surface area contributed by atoms with E-state index in [0.717, 1.165) is 28.0 Å². The van der Waals surface area contributed by atoms with Gasteiger partial charge in [-0.2, -0.15) is 0 Å². The molecule has 1 heteroatoms. The highest BCUT2D eigenvalue weighted by Gasteiger charge is 2.47. The molecule has 0 radical (unpaired) electrons. The van der Waals surface area contributed by atoms with Crippen LogP contribution in [0.5, 0.6) is 11.5 Å². The number of benzene rings is 11. The van der Waals surface area contributed by atoms with E-state index in [2.05, 4.69) is 218 Å². The van der Waals surface area contributed by atoms with E-state index in [1.54, 1.807) is 0 Å². The van der Waals surface area contributed by atoms with E-state index in [9.17, 15) is 0 Å². The zero-order chi connectivity index (χ0) is 39.4. The first kappa shape index (κ1) is 33.3. The monoisotopic (exact) mass is 760 g/mol. The lowest BCUT2D eigenvalue weighted by molar-refractivity contribution is 0.487. The Morgan fingerprint density at radius 1 is 0.300 bits per heavy atom. The van der Waals surface area contributed by atoms with Crippen molar-refractivity contribution in [1.82, 2.24) is 0 Å². The minimum atomic E-state index is -0.515. The second-order valence-electron chi connectivity index (χ2n) is 16.3. The third-order valence-electron chi connectivity index (χ3n) is 13.3. The maximum atomic E-state index is 6.78. The number of rotatable bonds is 4. The van der Waals surface area contributed by atoms with Gasteiger partial charge >= 0.3 is 0 Å². The van der Waals surface area contributed by atoms with Gasteiger partial charge in [-0.1, -0.05) is 182 Å². The molecule has 1 heterocycles. The van der Waals surface area contributed by atoms with Crippen LogP contribution in [-0.4, -0.2) is 0 Å². The van der Waals surface area contributed by atoms with Crippen LogP contribution in [0.2, 0.25) is 0 Å². The summed E-state index contributed by atoms with van der Waals surface area (Å²) in [7, 11) is 0. The first-order chi connectivity index (χ1) is 29.8. The SMILES string of the molecule is c1ccc(-c2ccc3c(c2)Oc2cccc4c2c-3cc2c3ccccc3c(-c3ccc5c(c3)C(c3ccccc3)(c3ccccc3)c3ccc6ccccc6c3-5)cc42)cc1. The van der Waals surface area contributed by atoms with Gasteiger partial charge in [0.05, 0.1) is 5.41 Å². The molecule has 0 unspecified atom stereocenters. The van der Waals surface area contributed by atoms with Gasteiger partial charge in [0, 0.05) is 10.9 Å². The normalized spacial score (nSPS) is 13.3. The Kier molecular flexibility index (Phi) is 7.00. The number of fused-ring (bicyclic) bond motifs is 11. The molecule has 11 aromatic rings. The molecule has 11 aromatic carbocycles. The fourth-order valence-electron chi connectivity index (χ4n) is 10.7. The molecule has 0 spiro atoms. The largest absolute Gasteiger partial charge is 0.456 e. The highest BCUT2D eigenvalue weighted by atomic mass is 16.5. The average molecular weight is 761 g/mol. The Bertz CT molecular complexity index is 3510. The van der Waals surface area contributed by atoms with Gasteiger partial charge < -0.3 is 4.74 Å². The van der Waals surface area contributed by atoms with Crippen LogP contribution in [0.3, 0.4) is 0 Å². The lowest BCUT2D eigenvalue weighted by Gasteiger charge is -2.34. The lowest BCUT2D eigenvalue weighted by Crippen LogP contribution is -2.28. The van der Waals surface area contributed by atoms with E-state index >= 15 is 0 Å². The first-order valence-electron chi connectivity index (χ1n) is 20.8. The van der Waals surface area contributed by atoms with Crippen LogP contribution in [0, 0.1) is 0 Å². The zero-order valence-corrected chi connectivity index (χ0v) is 32.7. The predicted molar refractivity (Wildman–Crippen MR) is 250 cm³/mol. The maximum Gasteiger partial charge on any atom is 0.135 e. The summed E-state index contributed by atoms with van der Waals surface area (Å²) in [5.41, 5.74) is 14.4. The summed E-state index contributed by atoms with van der Waals surface area (Å²) in [6.45, 7) is 0. The Hall–Kier alpha value is -7.74. The van der Waals surface area contributed by atoms with Crippen molar-refractivity contribution in [2.45, 2.75) is 5.41 Å². The van der Waals surface area contributed by atoms with E-state index in [4.69, 9.17) is 4.74 Å². The highest BCUT2D eigenvalue weighted by Crippen LogP contribution is 2.59. The Balaban J connectivity index is 1.08. The topological polar surface area (TPSA) is 9.23 Å². The van der Waals surface area contributed by atoms with Gasteiger partial charge in [-0.05, 0) is 135 Å². The Morgan fingerprint density at radius 2 is 0.917 bits per heavy atom. The molecule has 60 heavy (non-hydrogen) atoms. The molecule has 0 amide bonds.